The summed E-state index contributed by atoms with van der Waals surface area (Å²) in [7, 11) is 0. The van der Waals surface area contributed by atoms with Crippen molar-refractivity contribution in [2.75, 3.05) is 52.4 Å². The third-order valence-electron chi connectivity index (χ3n) is 4.58. The molecule has 0 bridgehead atoms. The van der Waals surface area contributed by atoms with Gasteiger partial charge in [-0.1, -0.05) is 24.3 Å². The Bertz CT molecular complexity index is 693. The summed E-state index contributed by atoms with van der Waals surface area (Å²) in [6, 6.07) is 0. The van der Waals surface area contributed by atoms with Crippen molar-refractivity contribution in [3.05, 3.63) is 72.2 Å². The first-order valence-electron chi connectivity index (χ1n) is 9.82. The van der Waals surface area contributed by atoms with Crippen LogP contribution in [0.5, 0.6) is 0 Å². The third-order valence-corrected chi connectivity index (χ3v) is 4.58. The van der Waals surface area contributed by atoms with Crippen LogP contribution in [-0.4, -0.2) is 73.7 Å². The monoisotopic (exact) mass is 444 g/mol. The van der Waals surface area contributed by atoms with E-state index in [1.165, 1.54) is 26.2 Å². The zero-order valence-corrected chi connectivity index (χ0v) is 19.8. The van der Waals surface area contributed by atoms with E-state index in [2.05, 4.69) is 20.4 Å². The van der Waals surface area contributed by atoms with E-state index in [1.54, 1.807) is 36.7 Å². The summed E-state index contributed by atoms with van der Waals surface area (Å²) in [4.78, 5) is 27.2. The van der Waals surface area contributed by atoms with Crippen molar-refractivity contribution in [3.63, 3.8) is 0 Å². The van der Waals surface area contributed by atoms with E-state index in [-0.39, 0.29) is 31.0 Å². The number of nitrogens with one attached hydrogen (secondary N) is 2. The van der Waals surface area contributed by atoms with Gasteiger partial charge in [0.15, 0.2) is 11.6 Å². The Morgan fingerprint density at radius 1 is 0.690 bits per heavy atom. The van der Waals surface area contributed by atoms with Gasteiger partial charge in [0.1, 0.15) is 0 Å². The van der Waals surface area contributed by atoms with Gasteiger partial charge < -0.3 is 10.6 Å². The third kappa shape index (κ3) is 9.31. The molecule has 29 heavy (non-hydrogen) atoms. The van der Waals surface area contributed by atoms with Crippen LogP contribution in [0, 0.1) is 0 Å². The molecule has 0 amide bonds. The van der Waals surface area contributed by atoms with Crippen LogP contribution >= 0.6 is 0 Å². The van der Waals surface area contributed by atoms with E-state index in [1.807, 2.05) is 24.3 Å². The van der Waals surface area contributed by atoms with Crippen molar-refractivity contribution >= 4 is 11.6 Å². The molecule has 148 valence electrons. The van der Waals surface area contributed by atoms with Gasteiger partial charge in [0.05, 0.1) is 0 Å². The van der Waals surface area contributed by atoms with Gasteiger partial charge in [-0.3, -0.25) is 19.4 Å². The van der Waals surface area contributed by atoms with Gasteiger partial charge in [-0.25, -0.2) is 0 Å². The predicted molar refractivity (Wildman–Crippen MR) is 112 cm³/mol. The molecule has 4 rings (SSSR count). The van der Waals surface area contributed by atoms with Crippen molar-refractivity contribution in [2.24, 2.45) is 0 Å². The Labute approximate surface area is 185 Å². The second kappa shape index (κ2) is 12.5. The van der Waals surface area contributed by atoms with Gasteiger partial charge in [0.25, 0.3) is 0 Å². The molecule has 2 saturated heterocycles. The number of carbonyl (C=O) groups is 2. The zero-order chi connectivity index (χ0) is 19.6. The normalized spacial score (nSPS) is 22.3. The molecule has 0 spiro atoms. The fourth-order valence-corrected chi connectivity index (χ4v) is 2.60. The quantitative estimate of drug-likeness (QED) is 0.251. The second-order valence-corrected chi connectivity index (χ2v) is 6.96. The second-order valence-electron chi connectivity index (χ2n) is 6.96. The molecule has 0 aromatic carbocycles. The van der Waals surface area contributed by atoms with Crippen LogP contribution in [0.1, 0.15) is 0 Å². The van der Waals surface area contributed by atoms with E-state index < -0.39 is 0 Å². The molecule has 0 aromatic rings. The number of ketones is 2. The van der Waals surface area contributed by atoms with Crippen LogP contribution in [0.25, 0.3) is 0 Å². The summed E-state index contributed by atoms with van der Waals surface area (Å²) in [6.45, 7) is 8.84. The first-order valence-corrected chi connectivity index (χ1v) is 9.82. The van der Waals surface area contributed by atoms with Crippen LogP contribution in [0.4, 0.5) is 0 Å². The number of hydrogen-bond donors (Lipinski definition) is 2. The molecule has 0 saturated carbocycles. The molecule has 0 atom stereocenters. The molecular formula is C22H28N4O2Zn+2. The minimum absolute atomic E-state index is 0. The first kappa shape index (κ1) is 23.2. The number of allylic oxidation sites excluding steroid dienone is 10. The van der Waals surface area contributed by atoms with Crippen LogP contribution in [0.2, 0.25) is 0 Å². The molecular weight excluding hydrogens is 418 g/mol. The molecule has 0 unspecified atom stereocenters. The van der Waals surface area contributed by atoms with Gasteiger partial charge in [-0.2, -0.15) is 0 Å². The molecule has 2 heterocycles. The Balaban J connectivity index is 0.000000200. The minimum Gasteiger partial charge on any atom is -0.389 e. The number of rotatable bonds is 8. The largest absolute Gasteiger partial charge is 2.00 e. The van der Waals surface area contributed by atoms with E-state index in [0.717, 1.165) is 37.3 Å². The van der Waals surface area contributed by atoms with Crippen molar-refractivity contribution < 1.29 is 29.1 Å². The first-order chi connectivity index (χ1) is 13.7. The van der Waals surface area contributed by atoms with Crippen molar-refractivity contribution in [2.45, 2.75) is 0 Å². The maximum absolute atomic E-state index is 11.3. The minimum atomic E-state index is 0. The molecule has 2 aliphatic heterocycles. The number of nitrogens with zero attached hydrogens (tertiary/aromatic N) is 2. The van der Waals surface area contributed by atoms with Crippen LogP contribution in [0.3, 0.4) is 0 Å². The Kier molecular flexibility index (Phi) is 9.98. The Morgan fingerprint density at radius 3 is 1.41 bits per heavy atom. The average Bonchev–Trinajstić information content (AvgIpc) is 3.61. The van der Waals surface area contributed by atoms with Gasteiger partial charge in [-0.15, -0.1) is 0 Å². The average molecular weight is 446 g/mol. The maximum atomic E-state index is 11.3. The maximum Gasteiger partial charge on any atom is 2.00 e. The van der Waals surface area contributed by atoms with Gasteiger partial charge >= 0.3 is 19.5 Å². The summed E-state index contributed by atoms with van der Waals surface area (Å²) < 4.78 is 0. The molecule has 2 fully saturated rings. The van der Waals surface area contributed by atoms with Gasteiger partial charge in [0.2, 0.25) is 0 Å². The summed E-state index contributed by atoms with van der Waals surface area (Å²) in [6.07, 6.45) is 17.7. The van der Waals surface area contributed by atoms with E-state index in [9.17, 15) is 9.59 Å². The summed E-state index contributed by atoms with van der Waals surface area (Å²) >= 11 is 0. The van der Waals surface area contributed by atoms with Crippen molar-refractivity contribution in [1.29, 1.82) is 0 Å². The van der Waals surface area contributed by atoms with Crippen LogP contribution in [-0.2, 0) is 29.1 Å². The van der Waals surface area contributed by atoms with Crippen LogP contribution in [0.15, 0.2) is 72.2 Å². The molecule has 4 aliphatic rings. The zero-order valence-electron chi connectivity index (χ0n) is 16.8. The van der Waals surface area contributed by atoms with Crippen LogP contribution < -0.4 is 10.6 Å². The van der Waals surface area contributed by atoms with Crippen molar-refractivity contribution in [1.82, 2.24) is 20.4 Å². The molecule has 6 nitrogen and oxygen atoms in total. The number of hydrogen-bond acceptors (Lipinski definition) is 6. The van der Waals surface area contributed by atoms with E-state index >= 15 is 0 Å². The SMILES string of the molecule is O=C1C=CC=CC1=CNCCN1CC1.O=C1C=CC=CC1=CNCCN1CC1.[Zn+2]. The Hall–Kier alpha value is -2.08. The summed E-state index contributed by atoms with van der Waals surface area (Å²) in [5, 5.41) is 6.29. The molecule has 7 heteroatoms. The standard InChI is InChI=1S/2C11H14N2O.Zn/c2*14-11-4-2-1-3-10(11)9-12-5-6-13-7-8-13;/h2*1-4,9,12H,5-8H2;/q;;+2. The topological polar surface area (TPSA) is 64.2 Å². The smallest absolute Gasteiger partial charge is 0.389 e. The number of carbonyl (C=O) groups excluding carboxylic acids is 2. The molecule has 2 aliphatic carbocycles. The molecule has 0 aromatic heterocycles. The fraction of sp³-hybridized carbons (Fsp3) is 0.364. The van der Waals surface area contributed by atoms with Gasteiger partial charge in [-0.05, 0) is 24.3 Å². The summed E-state index contributed by atoms with van der Waals surface area (Å²) in [5.74, 6) is 0.151. The molecule has 0 radical (unpaired) electrons. The Morgan fingerprint density at radius 2 is 1.07 bits per heavy atom. The predicted octanol–water partition coefficient (Wildman–Crippen LogP) is 0.939. The molecule has 2 N–H and O–H groups in total. The van der Waals surface area contributed by atoms with Gasteiger partial charge in [0, 0.05) is 75.9 Å². The summed E-state index contributed by atoms with van der Waals surface area (Å²) in [5.41, 5.74) is 1.47. The van der Waals surface area contributed by atoms with Crippen molar-refractivity contribution in [3.8, 4) is 0 Å². The van der Waals surface area contributed by atoms with E-state index in [0.29, 0.717) is 0 Å². The van der Waals surface area contributed by atoms with E-state index in [4.69, 9.17) is 0 Å². The fourth-order valence-electron chi connectivity index (χ4n) is 2.60.